The Morgan fingerprint density at radius 2 is 1.30 bits per heavy atom. The van der Waals surface area contributed by atoms with Crippen molar-refractivity contribution in [2.45, 2.75) is 128 Å². The highest BCUT2D eigenvalue weighted by Gasteiger charge is 2.45. The fourth-order valence-corrected chi connectivity index (χ4v) is 6.98. The predicted octanol–water partition coefficient (Wildman–Crippen LogP) is 8.58. The Morgan fingerprint density at radius 1 is 0.700 bits per heavy atom. The SMILES string of the molecule is CCCC(C)CCCC1CCC([C@@H]2CCC(C3CC(F)C(F)C(F)C3)C(F)C2)CC1. The van der Waals surface area contributed by atoms with Gasteiger partial charge < -0.3 is 0 Å². The van der Waals surface area contributed by atoms with Crippen molar-refractivity contribution in [2.75, 3.05) is 0 Å². The maximum Gasteiger partial charge on any atom is 0.162 e. The van der Waals surface area contributed by atoms with Crippen LogP contribution in [0, 0.1) is 35.5 Å². The van der Waals surface area contributed by atoms with Gasteiger partial charge >= 0.3 is 0 Å². The van der Waals surface area contributed by atoms with Crippen LogP contribution in [0.5, 0.6) is 0 Å². The summed E-state index contributed by atoms with van der Waals surface area (Å²) in [5, 5.41) is 0. The predicted molar refractivity (Wildman–Crippen MR) is 117 cm³/mol. The fourth-order valence-electron chi connectivity index (χ4n) is 6.98. The molecule has 0 nitrogen and oxygen atoms in total. The van der Waals surface area contributed by atoms with E-state index in [1.165, 1.54) is 57.8 Å². The van der Waals surface area contributed by atoms with Gasteiger partial charge in [0, 0.05) is 0 Å². The second-order valence-corrected chi connectivity index (χ2v) is 11.1. The number of hydrogen-bond acceptors (Lipinski definition) is 0. The third-order valence-electron chi connectivity index (χ3n) is 8.86. The van der Waals surface area contributed by atoms with Gasteiger partial charge in [-0.15, -0.1) is 0 Å². The smallest absolute Gasteiger partial charge is 0.162 e. The summed E-state index contributed by atoms with van der Waals surface area (Å²) in [6.45, 7) is 4.63. The van der Waals surface area contributed by atoms with Gasteiger partial charge in [0.05, 0.1) is 0 Å². The molecule has 176 valence electrons. The summed E-state index contributed by atoms with van der Waals surface area (Å²) in [7, 11) is 0. The van der Waals surface area contributed by atoms with E-state index in [9.17, 15) is 13.2 Å². The standard InChI is InChI=1S/C26H44F4/c1-3-5-17(2)6-4-7-18-8-10-19(11-9-18)20-12-13-22(23(27)14-20)21-15-24(28)26(30)25(29)16-21/h17-26H,3-16H2,1-2H3/t17?,18?,19?,20-,21?,22?,23?,24?,25?,26?/m1/s1. The van der Waals surface area contributed by atoms with Crippen LogP contribution in [0.15, 0.2) is 0 Å². The normalized spacial score (nSPS) is 44.0. The van der Waals surface area contributed by atoms with Gasteiger partial charge in [-0.3, -0.25) is 0 Å². The average molecular weight is 433 g/mol. The molecule has 3 saturated carbocycles. The summed E-state index contributed by atoms with van der Waals surface area (Å²) in [5.41, 5.74) is 0. The van der Waals surface area contributed by atoms with Crippen LogP contribution in [-0.4, -0.2) is 24.7 Å². The Morgan fingerprint density at radius 3 is 1.90 bits per heavy atom. The van der Waals surface area contributed by atoms with Gasteiger partial charge in [-0.25, -0.2) is 17.6 Å². The monoisotopic (exact) mass is 432 g/mol. The van der Waals surface area contributed by atoms with Crippen LogP contribution < -0.4 is 0 Å². The minimum absolute atomic E-state index is 0.000673. The summed E-state index contributed by atoms with van der Waals surface area (Å²) in [6.07, 6.45) is 7.46. The van der Waals surface area contributed by atoms with E-state index in [2.05, 4.69) is 13.8 Å². The maximum atomic E-state index is 15.0. The Hall–Kier alpha value is -0.280. The lowest BCUT2D eigenvalue weighted by Gasteiger charge is -2.43. The molecule has 3 fully saturated rings. The quantitative estimate of drug-likeness (QED) is 0.337. The van der Waals surface area contributed by atoms with Crippen LogP contribution >= 0.6 is 0 Å². The number of halogens is 4. The van der Waals surface area contributed by atoms with Crippen molar-refractivity contribution in [1.29, 1.82) is 0 Å². The molecule has 0 aromatic heterocycles. The van der Waals surface area contributed by atoms with Crippen molar-refractivity contribution in [3.63, 3.8) is 0 Å². The molecule has 5 unspecified atom stereocenters. The van der Waals surface area contributed by atoms with Gasteiger partial charge in [-0.05, 0) is 80.5 Å². The first-order chi connectivity index (χ1) is 14.4. The summed E-state index contributed by atoms with van der Waals surface area (Å²) < 4.78 is 56.1. The topological polar surface area (TPSA) is 0 Å². The van der Waals surface area contributed by atoms with E-state index in [1.807, 2.05) is 0 Å². The van der Waals surface area contributed by atoms with Crippen molar-refractivity contribution in [2.24, 2.45) is 35.5 Å². The molecular weight excluding hydrogens is 388 g/mol. The van der Waals surface area contributed by atoms with Crippen molar-refractivity contribution >= 4 is 0 Å². The Balaban J connectivity index is 1.38. The van der Waals surface area contributed by atoms with Gasteiger partial charge in [-0.1, -0.05) is 58.8 Å². The summed E-state index contributed by atoms with van der Waals surface area (Å²) in [6, 6.07) is 0. The van der Waals surface area contributed by atoms with Crippen LogP contribution in [0.4, 0.5) is 17.6 Å². The molecule has 0 saturated heterocycles. The zero-order valence-electron chi connectivity index (χ0n) is 19.2. The van der Waals surface area contributed by atoms with Gasteiger partial charge in [0.25, 0.3) is 0 Å². The van der Waals surface area contributed by atoms with E-state index in [-0.39, 0.29) is 24.7 Å². The molecule has 0 heterocycles. The van der Waals surface area contributed by atoms with Crippen molar-refractivity contribution in [1.82, 2.24) is 0 Å². The number of hydrogen-bond donors (Lipinski definition) is 0. The lowest BCUT2D eigenvalue weighted by Crippen LogP contribution is -2.43. The van der Waals surface area contributed by atoms with E-state index in [0.29, 0.717) is 18.3 Å². The third-order valence-corrected chi connectivity index (χ3v) is 8.86. The van der Waals surface area contributed by atoms with Crippen LogP contribution in [0.3, 0.4) is 0 Å². The van der Waals surface area contributed by atoms with Crippen LogP contribution in [-0.2, 0) is 0 Å². The fraction of sp³-hybridized carbons (Fsp3) is 1.00. The molecule has 0 aromatic carbocycles. The highest BCUT2D eigenvalue weighted by Crippen LogP contribution is 2.47. The maximum absolute atomic E-state index is 15.0. The van der Waals surface area contributed by atoms with Crippen molar-refractivity contribution in [3.05, 3.63) is 0 Å². The van der Waals surface area contributed by atoms with Crippen LogP contribution in [0.2, 0.25) is 0 Å². The Kier molecular flexibility index (Phi) is 9.38. The number of rotatable bonds is 8. The molecule has 0 spiro atoms. The molecule has 3 aliphatic carbocycles. The molecule has 0 aliphatic heterocycles. The lowest BCUT2D eigenvalue weighted by molar-refractivity contribution is -0.0287. The van der Waals surface area contributed by atoms with Crippen molar-refractivity contribution in [3.8, 4) is 0 Å². The Bertz CT molecular complexity index is 477. The van der Waals surface area contributed by atoms with E-state index in [1.54, 1.807) is 0 Å². The Labute approximate surface area is 182 Å². The molecule has 4 heteroatoms. The zero-order chi connectivity index (χ0) is 21.7. The minimum atomic E-state index is -2.01. The first kappa shape index (κ1) is 24.4. The van der Waals surface area contributed by atoms with E-state index in [4.69, 9.17) is 0 Å². The average Bonchev–Trinajstić information content (AvgIpc) is 2.72. The molecule has 0 amide bonds. The highest BCUT2D eigenvalue weighted by molar-refractivity contribution is 4.94. The second-order valence-electron chi connectivity index (χ2n) is 11.1. The second kappa shape index (κ2) is 11.5. The molecule has 30 heavy (non-hydrogen) atoms. The largest absolute Gasteiger partial charge is 0.247 e. The van der Waals surface area contributed by atoms with E-state index >= 15 is 4.39 Å². The number of alkyl halides is 4. The molecule has 0 N–H and O–H groups in total. The van der Waals surface area contributed by atoms with E-state index < -0.39 is 24.7 Å². The van der Waals surface area contributed by atoms with E-state index in [0.717, 1.165) is 24.7 Å². The third kappa shape index (κ3) is 6.37. The van der Waals surface area contributed by atoms with Gasteiger partial charge in [0.15, 0.2) is 6.17 Å². The lowest BCUT2D eigenvalue weighted by atomic mass is 9.64. The van der Waals surface area contributed by atoms with Gasteiger partial charge in [-0.2, -0.15) is 0 Å². The summed E-state index contributed by atoms with van der Waals surface area (Å²) in [5.74, 6) is 2.16. The molecule has 3 aliphatic rings. The molecule has 6 atom stereocenters. The molecule has 0 radical (unpaired) electrons. The molecule has 0 bridgehead atoms. The van der Waals surface area contributed by atoms with Crippen molar-refractivity contribution < 1.29 is 17.6 Å². The van der Waals surface area contributed by atoms with Gasteiger partial charge in [0.2, 0.25) is 0 Å². The zero-order valence-corrected chi connectivity index (χ0v) is 19.2. The molecule has 3 rings (SSSR count). The molecular formula is C26H44F4. The van der Waals surface area contributed by atoms with Crippen LogP contribution in [0.1, 0.15) is 104 Å². The first-order valence-corrected chi connectivity index (χ1v) is 12.9. The summed E-state index contributed by atoms with van der Waals surface area (Å²) >= 11 is 0. The summed E-state index contributed by atoms with van der Waals surface area (Å²) in [4.78, 5) is 0. The minimum Gasteiger partial charge on any atom is -0.247 e. The van der Waals surface area contributed by atoms with Crippen LogP contribution in [0.25, 0.3) is 0 Å². The highest BCUT2D eigenvalue weighted by atomic mass is 19.2. The van der Waals surface area contributed by atoms with Gasteiger partial charge in [0.1, 0.15) is 18.5 Å². The first-order valence-electron chi connectivity index (χ1n) is 12.9. The molecule has 0 aromatic rings.